The first-order valence-corrected chi connectivity index (χ1v) is 7.21. The van der Waals surface area contributed by atoms with Gasteiger partial charge in [0.15, 0.2) is 0 Å². The molecule has 94 valence electrons. The fourth-order valence-corrected chi connectivity index (χ4v) is 2.54. The molecular formula is C14H16N2OS. The predicted octanol–water partition coefficient (Wildman–Crippen LogP) is 1.94. The summed E-state index contributed by atoms with van der Waals surface area (Å²) in [5.74, 6) is -0.199. The van der Waals surface area contributed by atoms with Crippen molar-refractivity contribution in [3.63, 3.8) is 0 Å². The van der Waals surface area contributed by atoms with E-state index in [9.17, 15) is 4.79 Å². The number of thioether (sulfide) groups is 1. The summed E-state index contributed by atoms with van der Waals surface area (Å²) in [6.45, 7) is 0. The molecule has 0 aromatic heterocycles. The number of nitrogens with two attached hydrogens (primary N) is 1. The fraction of sp³-hybridized carbons (Fsp3) is 0.357. The molecule has 3 N–H and O–H groups in total. The van der Waals surface area contributed by atoms with E-state index in [0.29, 0.717) is 0 Å². The zero-order valence-electron chi connectivity index (χ0n) is 10.3. The first kappa shape index (κ1) is 12.8. The van der Waals surface area contributed by atoms with Crippen LogP contribution in [0.5, 0.6) is 0 Å². The van der Waals surface area contributed by atoms with Gasteiger partial charge in [0.05, 0.1) is 6.04 Å². The van der Waals surface area contributed by atoms with Gasteiger partial charge in [0.1, 0.15) is 5.70 Å². The Morgan fingerprint density at radius 1 is 1.67 bits per heavy atom. The summed E-state index contributed by atoms with van der Waals surface area (Å²) in [7, 11) is 0. The van der Waals surface area contributed by atoms with Crippen LogP contribution in [0.3, 0.4) is 0 Å². The molecule has 0 aliphatic heterocycles. The molecule has 0 heterocycles. The topological polar surface area (TPSA) is 55.1 Å². The SMILES string of the molecule is CS/C=C(\N)C(=O)NC1CCCc2c#cccc21. The van der Waals surface area contributed by atoms with Crippen LogP contribution >= 0.6 is 11.8 Å². The van der Waals surface area contributed by atoms with Gasteiger partial charge in [0.2, 0.25) is 0 Å². The molecule has 1 aliphatic rings. The van der Waals surface area contributed by atoms with E-state index in [-0.39, 0.29) is 17.6 Å². The number of fused-ring (bicyclic) bond motifs is 1. The fourth-order valence-electron chi connectivity index (χ4n) is 2.18. The lowest BCUT2D eigenvalue weighted by atomic mass is 9.88. The van der Waals surface area contributed by atoms with Crippen LogP contribution in [-0.2, 0) is 11.2 Å². The first-order valence-electron chi connectivity index (χ1n) is 5.93. The Balaban J connectivity index is 2.12. The van der Waals surface area contributed by atoms with Crippen LogP contribution in [0, 0.1) is 12.1 Å². The van der Waals surface area contributed by atoms with Crippen LogP contribution in [0.15, 0.2) is 23.2 Å². The molecule has 1 amide bonds. The van der Waals surface area contributed by atoms with Crippen molar-refractivity contribution in [3.05, 3.63) is 46.5 Å². The first-order chi connectivity index (χ1) is 8.72. The normalized spacial score (nSPS) is 18.7. The molecule has 18 heavy (non-hydrogen) atoms. The Kier molecular flexibility index (Phi) is 4.16. The van der Waals surface area contributed by atoms with E-state index in [1.807, 2.05) is 18.4 Å². The summed E-state index contributed by atoms with van der Waals surface area (Å²) in [5.41, 5.74) is 8.24. The van der Waals surface area contributed by atoms with E-state index in [2.05, 4.69) is 17.4 Å². The third kappa shape index (κ3) is 2.80. The molecule has 2 rings (SSSR count). The quantitative estimate of drug-likeness (QED) is 0.817. The number of carbonyl (C=O) groups excluding carboxylic acids is 1. The molecule has 0 fully saturated rings. The Morgan fingerprint density at radius 3 is 3.28 bits per heavy atom. The second kappa shape index (κ2) is 5.83. The minimum absolute atomic E-state index is 0.0425. The number of hydrogen-bond acceptors (Lipinski definition) is 3. The van der Waals surface area contributed by atoms with Crippen molar-refractivity contribution in [2.75, 3.05) is 6.26 Å². The summed E-state index contributed by atoms with van der Waals surface area (Å²) >= 11 is 1.43. The van der Waals surface area contributed by atoms with E-state index >= 15 is 0 Å². The van der Waals surface area contributed by atoms with Crippen molar-refractivity contribution < 1.29 is 4.79 Å². The third-order valence-electron chi connectivity index (χ3n) is 3.03. The van der Waals surface area contributed by atoms with Crippen LogP contribution < -0.4 is 11.1 Å². The van der Waals surface area contributed by atoms with Crippen LogP contribution in [-0.4, -0.2) is 12.2 Å². The molecule has 0 saturated carbocycles. The lowest BCUT2D eigenvalue weighted by Crippen LogP contribution is -2.33. The van der Waals surface area contributed by atoms with E-state index in [1.165, 1.54) is 11.8 Å². The summed E-state index contributed by atoms with van der Waals surface area (Å²) in [6, 6.07) is 9.97. The van der Waals surface area contributed by atoms with Gasteiger partial charge in [-0.1, -0.05) is 12.1 Å². The van der Waals surface area contributed by atoms with Crippen molar-refractivity contribution >= 4 is 17.7 Å². The number of nitrogens with one attached hydrogen (secondary N) is 1. The highest BCUT2D eigenvalue weighted by molar-refractivity contribution is 8.01. The highest BCUT2D eigenvalue weighted by atomic mass is 32.2. The van der Waals surface area contributed by atoms with Gasteiger partial charge in [-0.25, -0.2) is 0 Å². The molecule has 0 bridgehead atoms. The van der Waals surface area contributed by atoms with Gasteiger partial charge in [0.25, 0.3) is 5.91 Å². The van der Waals surface area contributed by atoms with Gasteiger partial charge >= 0.3 is 0 Å². The monoisotopic (exact) mass is 260 g/mol. The van der Waals surface area contributed by atoms with Gasteiger partial charge in [-0.05, 0) is 48.6 Å². The van der Waals surface area contributed by atoms with Gasteiger partial charge < -0.3 is 11.1 Å². The summed E-state index contributed by atoms with van der Waals surface area (Å²) in [5, 5.41) is 4.64. The average Bonchev–Trinajstić information content (AvgIpc) is 2.39. The Hall–Kier alpha value is -1.60. The van der Waals surface area contributed by atoms with Gasteiger partial charge in [-0.3, -0.25) is 4.79 Å². The molecule has 0 saturated heterocycles. The Labute approximate surface area is 112 Å². The second-order valence-corrected chi connectivity index (χ2v) is 4.97. The van der Waals surface area contributed by atoms with Crippen LogP contribution in [0.1, 0.15) is 30.0 Å². The molecule has 0 spiro atoms. The summed E-state index contributed by atoms with van der Waals surface area (Å²) in [6.07, 6.45) is 4.89. The molecule has 3 nitrogen and oxygen atoms in total. The lowest BCUT2D eigenvalue weighted by Gasteiger charge is -2.25. The average molecular weight is 260 g/mol. The molecule has 1 unspecified atom stereocenters. The van der Waals surface area contributed by atoms with Crippen molar-refractivity contribution in [1.82, 2.24) is 5.32 Å². The Morgan fingerprint density at radius 2 is 2.50 bits per heavy atom. The molecule has 1 aliphatic carbocycles. The number of rotatable bonds is 3. The molecular weight excluding hydrogens is 244 g/mol. The van der Waals surface area contributed by atoms with Crippen LogP contribution in [0.25, 0.3) is 0 Å². The van der Waals surface area contributed by atoms with Crippen LogP contribution in [0.4, 0.5) is 0 Å². The van der Waals surface area contributed by atoms with Crippen molar-refractivity contribution in [2.24, 2.45) is 5.73 Å². The standard InChI is InChI=1S/C14H16N2OS/c1-18-9-12(15)14(17)16-13-8-4-6-10-5-2-3-7-11(10)13/h3,7,9,13H,4,6,8,15H2,1H3,(H,16,17)/b12-9-. The maximum Gasteiger partial charge on any atom is 0.268 e. The van der Waals surface area contributed by atoms with Gasteiger partial charge in [-0.2, -0.15) is 0 Å². The number of amides is 1. The van der Waals surface area contributed by atoms with E-state index in [0.717, 1.165) is 30.4 Å². The maximum absolute atomic E-state index is 11.9. The zero-order valence-corrected chi connectivity index (χ0v) is 11.1. The Bertz CT molecular complexity index is 471. The van der Waals surface area contributed by atoms with E-state index in [4.69, 9.17) is 5.73 Å². The molecule has 1 aromatic carbocycles. The minimum atomic E-state index is -0.199. The van der Waals surface area contributed by atoms with Crippen molar-refractivity contribution in [2.45, 2.75) is 25.3 Å². The second-order valence-electron chi connectivity index (χ2n) is 4.26. The predicted molar refractivity (Wildman–Crippen MR) is 73.7 cm³/mol. The third-order valence-corrected chi connectivity index (χ3v) is 3.51. The highest BCUT2D eigenvalue weighted by Crippen LogP contribution is 2.28. The smallest absolute Gasteiger partial charge is 0.268 e. The van der Waals surface area contributed by atoms with Crippen molar-refractivity contribution in [1.29, 1.82) is 0 Å². The summed E-state index contributed by atoms with van der Waals surface area (Å²) in [4.78, 5) is 11.9. The van der Waals surface area contributed by atoms with E-state index in [1.54, 1.807) is 5.41 Å². The largest absolute Gasteiger partial charge is 0.394 e. The van der Waals surface area contributed by atoms with Gasteiger partial charge in [-0.15, -0.1) is 11.8 Å². The summed E-state index contributed by atoms with van der Waals surface area (Å²) < 4.78 is 0. The number of carbonyl (C=O) groups is 1. The van der Waals surface area contributed by atoms with Gasteiger partial charge in [0, 0.05) is 5.56 Å². The minimum Gasteiger partial charge on any atom is -0.394 e. The van der Waals surface area contributed by atoms with Crippen molar-refractivity contribution in [3.8, 4) is 0 Å². The zero-order chi connectivity index (χ0) is 13.0. The number of hydrogen-bond donors (Lipinski definition) is 2. The maximum atomic E-state index is 11.9. The highest BCUT2D eigenvalue weighted by Gasteiger charge is 2.21. The molecule has 1 atom stereocenters. The lowest BCUT2D eigenvalue weighted by molar-refractivity contribution is -0.118. The molecule has 1 aromatic rings. The van der Waals surface area contributed by atoms with E-state index < -0.39 is 0 Å². The molecule has 0 radical (unpaired) electrons. The molecule has 4 heteroatoms. The van der Waals surface area contributed by atoms with Crippen LogP contribution in [0.2, 0.25) is 0 Å².